The first kappa shape index (κ1) is 25.5. The van der Waals surface area contributed by atoms with Crippen molar-refractivity contribution in [1.29, 1.82) is 0 Å². The number of benzene rings is 3. The van der Waals surface area contributed by atoms with Crippen LogP contribution >= 0.6 is 0 Å². The fraction of sp³-hybridized carbons (Fsp3) is 0.367. The molecule has 1 N–H and O–H groups in total. The van der Waals surface area contributed by atoms with Crippen LogP contribution in [-0.2, 0) is 36.1 Å². The molecule has 3 aromatic carbocycles. The maximum Gasteiger partial charge on any atom is 0.329 e. The molecule has 1 saturated carbocycles. The average Bonchev–Trinajstić information content (AvgIpc) is 3.47. The van der Waals surface area contributed by atoms with Crippen LogP contribution in [0, 0.1) is 17.7 Å². The summed E-state index contributed by atoms with van der Waals surface area (Å²) in [6.07, 6.45) is 5.48. The summed E-state index contributed by atoms with van der Waals surface area (Å²) >= 11 is 0. The number of fused-ring (bicyclic) bond motifs is 3. The molecule has 7 heteroatoms. The third-order valence-corrected chi connectivity index (χ3v) is 7.62. The lowest BCUT2D eigenvalue weighted by Crippen LogP contribution is -2.41. The lowest BCUT2D eigenvalue weighted by molar-refractivity contribution is -0.316. The number of halogens is 1. The van der Waals surface area contributed by atoms with Crippen molar-refractivity contribution in [2.45, 2.75) is 31.0 Å². The van der Waals surface area contributed by atoms with E-state index >= 15 is 0 Å². The van der Waals surface area contributed by atoms with Gasteiger partial charge in [-0.15, -0.1) is 0 Å². The Balaban J connectivity index is 1.24. The van der Waals surface area contributed by atoms with Crippen molar-refractivity contribution in [1.82, 2.24) is 0 Å². The maximum absolute atomic E-state index is 13.7. The molecule has 0 amide bonds. The van der Waals surface area contributed by atoms with Crippen molar-refractivity contribution in [2.24, 2.45) is 11.8 Å². The first-order valence-corrected chi connectivity index (χ1v) is 12.6. The Morgan fingerprint density at radius 2 is 1.86 bits per heavy atom. The van der Waals surface area contributed by atoms with Crippen molar-refractivity contribution in [3.05, 3.63) is 95.8 Å². The van der Waals surface area contributed by atoms with Gasteiger partial charge in [0, 0.05) is 11.3 Å². The van der Waals surface area contributed by atoms with E-state index in [2.05, 4.69) is 24.3 Å². The highest BCUT2D eigenvalue weighted by Crippen LogP contribution is 2.56. The molecule has 194 valence electrons. The number of carboxylic acid groups (broad SMARTS) is 1. The van der Waals surface area contributed by atoms with E-state index in [1.807, 2.05) is 42.5 Å². The molecule has 2 bridgehead atoms. The van der Waals surface area contributed by atoms with Gasteiger partial charge in [0.1, 0.15) is 19.0 Å². The van der Waals surface area contributed by atoms with Gasteiger partial charge in [0.25, 0.3) is 0 Å². The summed E-state index contributed by atoms with van der Waals surface area (Å²) in [5.41, 5.74) is 1.86. The Kier molecular flexibility index (Phi) is 7.96. The molecular formula is C30H31FO6. The van der Waals surface area contributed by atoms with E-state index < -0.39 is 5.97 Å². The summed E-state index contributed by atoms with van der Waals surface area (Å²) in [7, 11) is 0. The molecule has 0 spiro atoms. The zero-order chi connectivity index (χ0) is 25.7. The summed E-state index contributed by atoms with van der Waals surface area (Å²) in [5, 5.41) is 11.1. The minimum atomic E-state index is -0.991. The third kappa shape index (κ3) is 5.75. The molecule has 0 aromatic heterocycles. The molecule has 1 aliphatic heterocycles. The van der Waals surface area contributed by atoms with E-state index in [1.165, 1.54) is 17.5 Å². The summed E-state index contributed by atoms with van der Waals surface area (Å²) in [5.74, 6) is -0.964. The van der Waals surface area contributed by atoms with Crippen LogP contribution in [0.25, 0.3) is 10.8 Å². The first-order chi connectivity index (χ1) is 18.0. The van der Waals surface area contributed by atoms with Gasteiger partial charge in [0.15, 0.2) is 0 Å². The number of hydrogen-bond donors (Lipinski definition) is 1. The number of carbonyl (C=O) groups is 1. The number of ether oxygens (including phenoxy) is 2. The molecule has 37 heavy (non-hydrogen) atoms. The molecule has 0 unspecified atom stereocenters. The van der Waals surface area contributed by atoms with E-state index in [0.29, 0.717) is 19.8 Å². The topological polar surface area (TPSA) is 74.2 Å². The summed E-state index contributed by atoms with van der Waals surface area (Å²) in [6.45, 7) is 1.21. The van der Waals surface area contributed by atoms with Gasteiger partial charge in [-0.05, 0) is 58.9 Å². The molecule has 6 nitrogen and oxygen atoms in total. The van der Waals surface area contributed by atoms with Crippen LogP contribution in [0.1, 0.15) is 24.0 Å². The van der Waals surface area contributed by atoms with Gasteiger partial charge in [-0.25, -0.2) is 19.0 Å². The number of allylic oxidation sites excluding steroid dienone is 1. The summed E-state index contributed by atoms with van der Waals surface area (Å²) in [4.78, 5) is 22.0. The third-order valence-electron chi connectivity index (χ3n) is 7.62. The molecule has 0 radical (unpaired) electrons. The van der Waals surface area contributed by atoms with Crippen LogP contribution in [0.4, 0.5) is 4.39 Å². The van der Waals surface area contributed by atoms with Crippen molar-refractivity contribution in [3.8, 4) is 0 Å². The van der Waals surface area contributed by atoms with Crippen molar-refractivity contribution >= 4 is 16.7 Å². The Bertz CT molecular complexity index is 1240. The molecule has 1 saturated heterocycles. The second-order valence-electron chi connectivity index (χ2n) is 9.83. The van der Waals surface area contributed by atoms with E-state index in [9.17, 15) is 9.18 Å². The quantitative estimate of drug-likeness (QED) is 0.152. The first-order valence-electron chi connectivity index (χ1n) is 12.6. The van der Waals surface area contributed by atoms with Crippen LogP contribution in [0.15, 0.2) is 78.9 Å². The monoisotopic (exact) mass is 506 g/mol. The van der Waals surface area contributed by atoms with Crippen LogP contribution in [0.5, 0.6) is 0 Å². The SMILES string of the molecule is O=C(O)COC/C=C/C[C@H]1[C@H](COOCc2ccc3ccccc3c2)[C@@H]2C[C@@]1(c1ccc(F)cc1)CO2. The predicted octanol–water partition coefficient (Wildman–Crippen LogP) is 5.45. The highest BCUT2D eigenvalue weighted by molar-refractivity contribution is 5.82. The molecule has 2 fully saturated rings. The van der Waals surface area contributed by atoms with Gasteiger partial charge in [-0.3, -0.25) is 0 Å². The van der Waals surface area contributed by atoms with Gasteiger partial charge in [-0.2, -0.15) is 0 Å². The lowest BCUT2D eigenvalue weighted by atomic mass is 9.69. The number of carboxylic acids is 1. The maximum atomic E-state index is 13.7. The summed E-state index contributed by atoms with van der Waals surface area (Å²) < 4.78 is 25.0. The molecule has 3 aromatic rings. The number of hydrogen-bond acceptors (Lipinski definition) is 5. The van der Waals surface area contributed by atoms with E-state index in [1.54, 1.807) is 0 Å². The largest absolute Gasteiger partial charge is 0.480 e. The number of aliphatic carboxylic acids is 1. The fourth-order valence-electron chi connectivity index (χ4n) is 5.85. The Hall–Kier alpha value is -3.10. The second kappa shape index (κ2) is 11.5. The predicted molar refractivity (Wildman–Crippen MR) is 136 cm³/mol. The Morgan fingerprint density at radius 1 is 1.05 bits per heavy atom. The molecule has 1 aliphatic carbocycles. The minimum Gasteiger partial charge on any atom is -0.480 e. The van der Waals surface area contributed by atoms with Crippen molar-refractivity contribution < 1.29 is 33.5 Å². The van der Waals surface area contributed by atoms with Crippen LogP contribution in [0.3, 0.4) is 0 Å². The van der Waals surface area contributed by atoms with Crippen molar-refractivity contribution in [3.63, 3.8) is 0 Å². The summed E-state index contributed by atoms with van der Waals surface area (Å²) in [6, 6.07) is 21.1. The Labute approximate surface area is 215 Å². The normalized spacial score (nSPS) is 24.8. The van der Waals surface area contributed by atoms with E-state index in [-0.39, 0.29) is 42.4 Å². The highest BCUT2D eigenvalue weighted by Gasteiger charge is 2.59. The smallest absolute Gasteiger partial charge is 0.329 e. The van der Waals surface area contributed by atoms with E-state index in [4.69, 9.17) is 24.4 Å². The number of rotatable bonds is 12. The van der Waals surface area contributed by atoms with Gasteiger partial charge in [-0.1, -0.05) is 60.7 Å². The van der Waals surface area contributed by atoms with Gasteiger partial charge >= 0.3 is 5.97 Å². The standard InChI is InChI=1S/C30H31FO6/c31-25-12-10-24(11-13-25)30-16-28(35-20-30)26(27(30)7-3-4-14-34-19-29(32)33)18-37-36-17-21-8-9-22-5-1-2-6-23(22)15-21/h1-6,8-13,15,26-28H,7,14,16-20H2,(H,32,33)/b4-3+/t26-,27-,28-,30-/m0/s1. The van der Waals surface area contributed by atoms with Crippen LogP contribution in [-0.4, -0.2) is 43.6 Å². The molecule has 2 aliphatic rings. The Morgan fingerprint density at radius 3 is 2.68 bits per heavy atom. The van der Waals surface area contributed by atoms with E-state index in [0.717, 1.165) is 29.4 Å². The van der Waals surface area contributed by atoms with Crippen molar-refractivity contribution in [2.75, 3.05) is 26.4 Å². The molecule has 5 rings (SSSR count). The molecular weight excluding hydrogens is 475 g/mol. The second-order valence-corrected chi connectivity index (χ2v) is 9.83. The van der Waals surface area contributed by atoms with Gasteiger partial charge < -0.3 is 14.6 Å². The van der Waals surface area contributed by atoms with Gasteiger partial charge in [0.05, 0.1) is 25.9 Å². The van der Waals surface area contributed by atoms with Gasteiger partial charge in [0.2, 0.25) is 0 Å². The van der Waals surface area contributed by atoms with Crippen LogP contribution < -0.4 is 0 Å². The average molecular weight is 507 g/mol. The lowest BCUT2D eigenvalue weighted by Gasteiger charge is -2.39. The molecule has 4 atom stereocenters. The van der Waals surface area contributed by atoms with Crippen LogP contribution in [0.2, 0.25) is 0 Å². The molecule has 1 heterocycles. The zero-order valence-corrected chi connectivity index (χ0v) is 20.6. The zero-order valence-electron chi connectivity index (χ0n) is 20.6. The highest BCUT2D eigenvalue weighted by atomic mass is 19.1. The minimum absolute atomic E-state index is 0.0241. The fourth-order valence-corrected chi connectivity index (χ4v) is 5.85.